The van der Waals surface area contributed by atoms with Gasteiger partial charge >= 0.3 is 11.8 Å². The van der Waals surface area contributed by atoms with Gasteiger partial charge < -0.3 is 15.5 Å². The molecule has 2 aromatic rings. The third kappa shape index (κ3) is 4.68. The highest BCUT2D eigenvalue weighted by atomic mass is 16.2. The Bertz CT molecular complexity index is 711. The molecule has 1 aromatic heterocycles. The smallest absolute Gasteiger partial charge is 0.314 e. The predicted molar refractivity (Wildman–Crippen MR) is 98.5 cm³/mol. The summed E-state index contributed by atoms with van der Waals surface area (Å²) in [6, 6.07) is 11.7. The molecule has 1 fully saturated rings. The van der Waals surface area contributed by atoms with Crippen molar-refractivity contribution in [1.82, 2.24) is 25.3 Å². The van der Waals surface area contributed by atoms with Crippen molar-refractivity contribution < 1.29 is 9.59 Å². The maximum absolute atomic E-state index is 12.2. The number of H-pyrrole nitrogens is 1. The number of anilines is 1. The maximum Gasteiger partial charge on any atom is 0.314 e. The van der Waals surface area contributed by atoms with Gasteiger partial charge in [-0.2, -0.15) is 5.10 Å². The molecule has 0 spiro atoms. The summed E-state index contributed by atoms with van der Waals surface area (Å²) in [5, 5.41) is 11.6. The van der Waals surface area contributed by atoms with Crippen LogP contribution < -0.4 is 10.6 Å². The fourth-order valence-electron chi connectivity index (χ4n) is 3.04. The molecule has 1 atom stereocenters. The van der Waals surface area contributed by atoms with Gasteiger partial charge in [-0.1, -0.05) is 30.3 Å². The SMILES string of the molecule is CN1CCN([C@@H](CNC(=O)C(=O)Nc2ccn[nH]2)c2ccccc2)CC1. The van der Waals surface area contributed by atoms with Gasteiger partial charge in [0.25, 0.3) is 0 Å². The van der Waals surface area contributed by atoms with Crippen LogP contribution in [0.25, 0.3) is 0 Å². The summed E-state index contributed by atoms with van der Waals surface area (Å²) in [7, 11) is 2.11. The number of carbonyl (C=O) groups excluding carboxylic acids is 2. The van der Waals surface area contributed by atoms with Gasteiger partial charge in [-0.3, -0.25) is 19.6 Å². The van der Waals surface area contributed by atoms with E-state index < -0.39 is 11.8 Å². The van der Waals surface area contributed by atoms with Crippen LogP contribution in [0, 0.1) is 0 Å². The molecule has 2 amide bonds. The lowest BCUT2D eigenvalue weighted by Gasteiger charge is -2.38. The van der Waals surface area contributed by atoms with Crippen LogP contribution in [0.4, 0.5) is 5.82 Å². The van der Waals surface area contributed by atoms with E-state index in [-0.39, 0.29) is 6.04 Å². The fraction of sp³-hybridized carbons (Fsp3) is 0.389. The molecule has 26 heavy (non-hydrogen) atoms. The molecule has 3 N–H and O–H groups in total. The molecule has 8 heteroatoms. The van der Waals surface area contributed by atoms with E-state index in [4.69, 9.17) is 0 Å². The number of aromatic amines is 1. The molecule has 0 aliphatic carbocycles. The first-order chi connectivity index (χ1) is 12.6. The summed E-state index contributed by atoms with van der Waals surface area (Å²) in [4.78, 5) is 28.8. The summed E-state index contributed by atoms with van der Waals surface area (Å²) in [5.41, 5.74) is 1.13. The minimum Gasteiger partial charge on any atom is -0.346 e. The number of nitrogens with zero attached hydrogens (tertiary/aromatic N) is 3. The molecule has 3 rings (SSSR count). The Hall–Kier alpha value is -2.71. The van der Waals surface area contributed by atoms with Crippen molar-refractivity contribution in [3.63, 3.8) is 0 Å². The van der Waals surface area contributed by atoms with Gasteiger partial charge in [0.2, 0.25) is 0 Å². The summed E-state index contributed by atoms with van der Waals surface area (Å²) >= 11 is 0. The molecule has 8 nitrogen and oxygen atoms in total. The van der Waals surface area contributed by atoms with Gasteiger partial charge in [-0.15, -0.1) is 0 Å². The molecule has 1 saturated heterocycles. The van der Waals surface area contributed by atoms with Crippen LogP contribution in [-0.2, 0) is 9.59 Å². The van der Waals surface area contributed by atoms with E-state index in [1.54, 1.807) is 6.07 Å². The molecule has 138 valence electrons. The van der Waals surface area contributed by atoms with Crippen LogP contribution in [0.3, 0.4) is 0 Å². The third-order valence-electron chi connectivity index (χ3n) is 4.57. The van der Waals surface area contributed by atoms with Crippen LogP contribution in [-0.4, -0.2) is 71.6 Å². The minimum atomic E-state index is -0.709. The highest BCUT2D eigenvalue weighted by Gasteiger charge is 2.25. The van der Waals surface area contributed by atoms with E-state index in [0.717, 1.165) is 31.7 Å². The Kier molecular flexibility index (Phi) is 5.98. The lowest BCUT2D eigenvalue weighted by Crippen LogP contribution is -2.49. The third-order valence-corrected chi connectivity index (χ3v) is 4.57. The number of piperazine rings is 1. The van der Waals surface area contributed by atoms with E-state index >= 15 is 0 Å². The molecule has 1 aromatic carbocycles. The molecule has 0 bridgehead atoms. The van der Waals surface area contributed by atoms with E-state index in [2.05, 4.69) is 49.8 Å². The zero-order valence-electron chi connectivity index (χ0n) is 14.8. The van der Waals surface area contributed by atoms with Crippen molar-refractivity contribution in [2.75, 3.05) is 45.1 Å². The van der Waals surface area contributed by atoms with Crippen LogP contribution in [0.1, 0.15) is 11.6 Å². The first-order valence-electron chi connectivity index (χ1n) is 8.69. The second-order valence-electron chi connectivity index (χ2n) is 6.40. The summed E-state index contributed by atoms with van der Waals surface area (Å²) in [6.07, 6.45) is 1.51. The van der Waals surface area contributed by atoms with Crippen LogP contribution in [0.5, 0.6) is 0 Å². The maximum atomic E-state index is 12.2. The number of amides is 2. The van der Waals surface area contributed by atoms with Crippen molar-refractivity contribution in [2.24, 2.45) is 0 Å². The van der Waals surface area contributed by atoms with Gasteiger partial charge in [0.1, 0.15) is 5.82 Å². The van der Waals surface area contributed by atoms with Crippen molar-refractivity contribution in [3.05, 3.63) is 48.2 Å². The van der Waals surface area contributed by atoms with E-state index in [1.807, 2.05) is 18.2 Å². The minimum absolute atomic E-state index is 0.0359. The van der Waals surface area contributed by atoms with Crippen LogP contribution in [0.2, 0.25) is 0 Å². The molecular weight excluding hydrogens is 332 g/mol. The van der Waals surface area contributed by atoms with E-state index in [0.29, 0.717) is 12.4 Å². The van der Waals surface area contributed by atoms with Crippen molar-refractivity contribution in [1.29, 1.82) is 0 Å². The standard InChI is InChI=1S/C18H24N6O2/c1-23-9-11-24(12-10-23)15(14-5-3-2-4-6-14)13-19-17(25)18(26)21-16-7-8-20-22-16/h2-8,15H,9-13H2,1H3,(H,19,25)(H2,20,21,22,26)/t15-/m0/s1. The second kappa shape index (κ2) is 8.59. The normalized spacial score (nSPS) is 16.8. The molecule has 1 aliphatic heterocycles. The zero-order valence-corrected chi connectivity index (χ0v) is 14.8. The first-order valence-corrected chi connectivity index (χ1v) is 8.69. The fourth-order valence-corrected chi connectivity index (χ4v) is 3.04. The molecule has 1 aliphatic rings. The molecule has 0 saturated carbocycles. The Morgan fingerprint density at radius 2 is 1.85 bits per heavy atom. The lowest BCUT2D eigenvalue weighted by atomic mass is 10.0. The Morgan fingerprint density at radius 3 is 2.50 bits per heavy atom. The largest absolute Gasteiger partial charge is 0.346 e. The Labute approximate surface area is 152 Å². The van der Waals surface area contributed by atoms with Gasteiger partial charge in [0.05, 0.1) is 12.2 Å². The highest BCUT2D eigenvalue weighted by molar-refractivity contribution is 6.39. The molecular formula is C18H24N6O2. The number of likely N-dealkylation sites (N-methyl/N-ethyl adjacent to an activating group) is 1. The highest BCUT2D eigenvalue weighted by Crippen LogP contribution is 2.21. The number of carbonyl (C=O) groups is 2. The van der Waals surface area contributed by atoms with Crippen LogP contribution >= 0.6 is 0 Å². The first kappa shape index (κ1) is 18.1. The number of benzene rings is 1. The van der Waals surface area contributed by atoms with E-state index in [9.17, 15) is 9.59 Å². The predicted octanol–water partition coefficient (Wildman–Crippen LogP) is 0.453. The zero-order chi connectivity index (χ0) is 18.4. The average Bonchev–Trinajstić information content (AvgIpc) is 3.17. The molecule has 0 radical (unpaired) electrons. The molecule has 0 unspecified atom stereocenters. The molecule has 2 heterocycles. The van der Waals surface area contributed by atoms with Gasteiger partial charge in [0.15, 0.2) is 0 Å². The number of rotatable bonds is 5. The van der Waals surface area contributed by atoms with Crippen LogP contribution in [0.15, 0.2) is 42.6 Å². The number of hydrogen-bond donors (Lipinski definition) is 3. The number of nitrogens with one attached hydrogen (secondary N) is 3. The van der Waals surface area contributed by atoms with Crippen molar-refractivity contribution >= 4 is 17.6 Å². The van der Waals surface area contributed by atoms with Crippen molar-refractivity contribution in [3.8, 4) is 0 Å². The Balaban J connectivity index is 1.62. The van der Waals surface area contributed by atoms with Crippen molar-refractivity contribution in [2.45, 2.75) is 6.04 Å². The number of aromatic nitrogens is 2. The Morgan fingerprint density at radius 1 is 1.12 bits per heavy atom. The van der Waals surface area contributed by atoms with Gasteiger partial charge in [0, 0.05) is 38.8 Å². The second-order valence-corrected chi connectivity index (χ2v) is 6.40. The topological polar surface area (TPSA) is 93.4 Å². The number of hydrogen-bond acceptors (Lipinski definition) is 5. The van der Waals surface area contributed by atoms with Gasteiger partial charge in [-0.25, -0.2) is 0 Å². The van der Waals surface area contributed by atoms with Gasteiger partial charge in [-0.05, 0) is 12.6 Å². The monoisotopic (exact) mass is 356 g/mol. The summed E-state index contributed by atoms with van der Waals surface area (Å²) in [6.45, 7) is 4.19. The van der Waals surface area contributed by atoms with E-state index in [1.165, 1.54) is 6.20 Å². The summed E-state index contributed by atoms with van der Waals surface area (Å²) in [5.74, 6) is -0.974. The lowest BCUT2D eigenvalue weighted by molar-refractivity contribution is -0.136. The quantitative estimate of drug-likeness (QED) is 0.677. The average molecular weight is 356 g/mol. The summed E-state index contributed by atoms with van der Waals surface area (Å²) < 4.78 is 0.